The first-order valence-corrected chi connectivity index (χ1v) is 9.53. The Labute approximate surface area is 171 Å². The Kier molecular flexibility index (Phi) is 8.15. The molecular formula is C23H26N2O4. The standard InChI is InChI=1S/C23H26N2O4/c1-4-25(5-2)23(28)19-7-6-8-20(15-19)24-21(26)16-29-22(27)14-13-18-11-9-17(3)10-12-18/h6-15H,4-5,16H2,1-3H3,(H,24,26)/b14-13+. The fourth-order valence-electron chi connectivity index (χ4n) is 2.65. The minimum absolute atomic E-state index is 0.0984. The SMILES string of the molecule is CCN(CC)C(=O)c1cccc(NC(=O)COC(=O)/C=C/c2ccc(C)cc2)c1. The number of nitrogens with zero attached hydrogens (tertiary/aromatic N) is 1. The maximum Gasteiger partial charge on any atom is 0.331 e. The third-order valence-corrected chi connectivity index (χ3v) is 4.28. The Hall–Kier alpha value is -3.41. The summed E-state index contributed by atoms with van der Waals surface area (Å²) in [5.74, 6) is -1.18. The van der Waals surface area contributed by atoms with Crippen molar-refractivity contribution < 1.29 is 19.1 Å². The van der Waals surface area contributed by atoms with E-state index in [1.807, 2.05) is 45.0 Å². The monoisotopic (exact) mass is 394 g/mol. The number of rotatable bonds is 8. The van der Waals surface area contributed by atoms with E-state index < -0.39 is 18.5 Å². The highest BCUT2D eigenvalue weighted by atomic mass is 16.5. The van der Waals surface area contributed by atoms with E-state index in [9.17, 15) is 14.4 Å². The summed E-state index contributed by atoms with van der Waals surface area (Å²) in [6.07, 6.45) is 2.91. The number of hydrogen-bond donors (Lipinski definition) is 1. The van der Waals surface area contributed by atoms with Crippen molar-refractivity contribution in [2.45, 2.75) is 20.8 Å². The smallest absolute Gasteiger partial charge is 0.331 e. The zero-order valence-electron chi connectivity index (χ0n) is 17.0. The Morgan fingerprint density at radius 2 is 1.72 bits per heavy atom. The van der Waals surface area contributed by atoms with Crippen LogP contribution in [-0.4, -0.2) is 42.4 Å². The lowest BCUT2D eigenvalue weighted by atomic mass is 10.1. The summed E-state index contributed by atoms with van der Waals surface area (Å²) in [5.41, 5.74) is 2.96. The van der Waals surface area contributed by atoms with E-state index in [1.54, 1.807) is 35.2 Å². The fraction of sp³-hybridized carbons (Fsp3) is 0.261. The summed E-state index contributed by atoms with van der Waals surface area (Å²) in [5, 5.41) is 2.64. The van der Waals surface area contributed by atoms with Gasteiger partial charge in [-0.3, -0.25) is 9.59 Å². The molecule has 2 amide bonds. The molecule has 0 saturated heterocycles. The van der Waals surface area contributed by atoms with E-state index in [0.717, 1.165) is 11.1 Å². The zero-order chi connectivity index (χ0) is 21.2. The van der Waals surface area contributed by atoms with E-state index in [2.05, 4.69) is 5.32 Å². The molecule has 2 rings (SSSR count). The van der Waals surface area contributed by atoms with Gasteiger partial charge in [0.2, 0.25) is 0 Å². The Bertz CT molecular complexity index is 884. The lowest BCUT2D eigenvalue weighted by Gasteiger charge is -2.19. The molecule has 0 aliphatic carbocycles. The molecule has 0 aromatic heterocycles. The number of carbonyl (C=O) groups is 3. The molecule has 0 atom stereocenters. The molecule has 0 radical (unpaired) electrons. The number of ether oxygens (including phenoxy) is 1. The van der Waals surface area contributed by atoms with E-state index in [0.29, 0.717) is 24.3 Å². The van der Waals surface area contributed by atoms with Crippen LogP contribution in [0.25, 0.3) is 6.08 Å². The molecule has 152 valence electrons. The molecule has 6 heteroatoms. The summed E-state index contributed by atoms with van der Waals surface area (Å²) in [6.45, 7) is 6.61. The average Bonchev–Trinajstić information content (AvgIpc) is 2.73. The van der Waals surface area contributed by atoms with Crippen molar-refractivity contribution in [1.82, 2.24) is 4.90 Å². The largest absolute Gasteiger partial charge is 0.452 e. The van der Waals surface area contributed by atoms with Gasteiger partial charge in [-0.2, -0.15) is 0 Å². The molecule has 0 spiro atoms. The van der Waals surface area contributed by atoms with Gasteiger partial charge in [0.05, 0.1) is 0 Å². The first kappa shape index (κ1) is 21.9. The third-order valence-electron chi connectivity index (χ3n) is 4.28. The second-order valence-corrected chi connectivity index (χ2v) is 6.46. The number of amides is 2. The fourth-order valence-corrected chi connectivity index (χ4v) is 2.65. The van der Waals surface area contributed by atoms with Gasteiger partial charge in [-0.15, -0.1) is 0 Å². The van der Waals surface area contributed by atoms with Gasteiger partial charge < -0.3 is 15.0 Å². The molecule has 29 heavy (non-hydrogen) atoms. The van der Waals surface area contributed by atoms with Crippen LogP contribution in [0.1, 0.15) is 35.3 Å². The molecule has 2 aromatic carbocycles. The number of benzene rings is 2. The minimum Gasteiger partial charge on any atom is -0.452 e. The van der Waals surface area contributed by atoms with Crippen molar-refractivity contribution in [2.24, 2.45) is 0 Å². The van der Waals surface area contributed by atoms with Gasteiger partial charge in [0, 0.05) is 30.4 Å². The van der Waals surface area contributed by atoms with Crippen molar-refractivity contribution >= 4 is 29.5 Å². The highest BCUT2D eigenvalue weighted by molar-refractivity contribution is 5.98. The molecule has 0 saturated carbocycles. The topological polar surface area (TPSA) is 75.7 Å². The lowest BCUT2D eigenvalue weighted by Crippen LogP contribution is -2.30. The van der Waals surface area contributed by atoms with Crippen molar-refractivity contribution in [1.29, 1.82) is 0 Å². The second-order valence-electron chi connectivity index (χ2n) is 6.46. The molecule has 0 bridgehead atoms. The molecule has 0 aliphatic rings. The van der Waals surface area contributed by atoms with Crippen LogP contribution in [0.3, 0.4) is 0 Å². The maximum absolute atomic E-state index is 12.4. The molecule has 0 unspecified atom stereocenters. The first-order chi connectivity index (χ1) is 13.9. The molecule has 6 nitrogen and oxygen atoms in total. The molecule has 0 heterocycles. The molecule has 0 fully saturated rings. The second kappa shape index (κ2) is 10.8. The highest BCUT2D eigenvalue weighted by Gasteiger charge is 2.13. The van der Waals surface area contributed by atoms with E-state index in [1.165, 1.54) is 6.08 Å². The predicted octanol–water partition coefficient (Wildman–Crippen LogP) is 3.67. The van der Waals surface area contributed by atoms with Gasteiger partial charge in [0.15, 0.2) is 6.61 Å². The van der Waals surface area contributed by atoms with Gasteiger partial charge in [-0.05, 0) is 50.6 Å². The minimum atomic E-state index is -0.605. The summed E-state index contributed by atoms with van der Waals surface area (Å²) in [6, 6.07) is 14.3. The van der Waals surface area contributed by atoms with Crippen molar-refractivity contribution in [3.8, 4) is 0 Å². The number of carbonyl (C=O) groups excluding carboxylic acids is 3. The number of anilines is 1. The molecule has 2 aromatic rings. The van der Waals surface area contributed by atoms with Crippen molar-refractivity contribution in [2.75, 3.05) is 25.0 Å². The van der Waals surface area contributed by atoms with Crippen LogP contribution < -0.4 is 5.32 Å². The van der Waals surface area contributed by atoms with E-state index >= 15 is 0 Å². The van der Waals surface area contributed by atoms with Gasteiger partial charge >= 0.3 is 5.97 Å². The predicted molar refractivity (Wildman–Crippen MR) is 113 cm³/mol. The summed E-state index contributed by atoms with van der Waals surface area (Å²) >= 11 is 0. The van der Waals surface area contributed by atoms with Gasteiger partial charge in [-0.1, -0.05) is 35.9 Å². The van der Waals surface area contributed by atoms with Gasteiger partial charge in [0.25, 0.3) is 11.8 Å². The van der Waals surface area contributed by atoms with Crippen LogP contribution in [-0.2, 0) is 14.3 Å². The highest BCUT2D eigenvalue weighted by Crippen LogP contribution is 2.13. The van der Waals surface area contributed by atoms with Crippen LogP contribution in [0.2, 0.25) is 0 Å². The quantitative estimate of drug-likeness (QED) is 0.547. The molecule has 0 aliphatic heterocycles. The van der Waals surface area contributed by atoms with E-state index in [-0.39, 0.29) is 5.91 Å². The number of hydrogen-bond acceptors (Lipinski definition) is 4. The number of aryl methyl sites for hydroxylation is 1. The normalized spacial score (nSPS) is 10.6. The van der Waals surface area contributed by atoms with Crippen LogP contribution in [0.5, 0.6) is 0 Å². The van der Waals surface area contributed by atoms with Crippen molar-refractivity contribution in [3.63, 3.8) is 0 Å². The molecule has 1 N–H and O–H groups in total. The number of esters is 1. The lowest BCUT2D eigenvalue weighted by molar-refractivity contribution is -0.142. The maximum atomic E-state index is 12.4. The van der Waals surface area contributed by atoms with Crippen LogP contribution in [0, 0.1) is 6.92 Å². The Balaban J connectivity index is 1.87. The average molecular weight is 394 g/mol. The summed E-state index contributed by atoms with van der Waals surface area (Å²) < 4.78 is 4.96. The van der Waals surface area contributed by atoms with Crippen LogP contribution >= 0.6 is 0 Å². The van der Waals surface area contributed by atoms with Gasteiger partial charge in [-0.25, -0.2) is 4.79 Å². The molecular weight excluding hydrogens is 368 g/mol. The summed E-state index contributed by atoms with van der Waals surface area (Å²) in [4.78, 5) is 37.9. The third kappa shape index (κ3) is 6.92. The van der Waals surface area contributed by atoms with E-state index in [4.69, 9.17) is 4.74 Å². The Morgan fingerprint density at radius 1 is 1.03 bits per heavy atom. The number of nitrogens with one attached hydrogen (secondary N) is 1. The zero-order valence-corrected chi connectivity index (χ0v) is 17.0. The first-order valence-electron chi connectivity index (χ1n) is 9.53. The summed E-state index contributed by atoms with van der Waals surface area (Å²) in [7, 11) is 0. The van der Waals surface area contributed by atoms with Crippen molar-refractivity contribution in [3.05, 3.63) is 71.3 Å². The van der Waals surface area contributed by atoms with Crippen LogP contribution in [0.4, 0.5) is 5.69 Å². The van der Waals surface area contributed by atoms with Crippen LogP contribution in [0.15, 0.2) is 54.6 Å². The van der Waals surface area contributed by atoms with Gasteiger partial charge in [0.1, 0.15) is 0 Å². The Morgan fingerprint density at radius 3 is 2.38 bits per heavy atom.